The first kappa shape index (κ1) is 8.06. The third-order valence-electron chi connectivity index (χ3n) is 1.03. The molecule has 1 aromatic heterocycles. The number of hydrogen-bond donors (Lipinski definition) is 1. The molecule has 0 saturated carbocycles. The minimum absolute atomic E-state index is 0.178. The second kappa shape index (κ2) is 2.91. The predicted molar refractivity (Wildman–Crippen MR) is 39.6 cm³/mol. The van der Waals surface area contributed by atoms with E-state index in [0.717, 1.165) is 0 Å². The van der Waals surface area contributed by atoms with Crippen molar-refractivity contribution in [3.63, 3.8) is 0 Å². The molecule has 0 atom stereocenters. The largest absolute Gasteiger partial charge is 0.512 e. The lowest BCUT2D eigenvalue weighted by Crippen LogP contribution is -2.07. The van der Waals surface area contributed by atoms with Gasteiger partial charge in [0.05, 0.1) is 6.20 Å². The van der Waals surface area contributed by atoms with Crippen molar-refractivity contribution in [1.82, 2.24) is 9.78 Å². The highest BCUT2D eigenvalue weighted by atomic mass is 79.9. The van der Waals surface area contributed by atoms with Gasteiger partial charge in [-0.25, -0.2) is 9.48 Å². The van der Waals surface area contributed by atoms with Crippen LogP contribution in [0.5, 0.6) is 5.88 Å². The van der Waals surface area contributed by atoms with E-state index in [0.29, 0.717) is 4.47 Å². The highest BCUT2D eigenvalue weighted by Crippen LogP contribution is 2.22. The van der Waals surface area contributed by atoms with Gasteiger partial charge in [0.1, 0.15) is 4.47 Å². The second-order valence-electron chi connectivity index (χ2n) is 1.79. The lowest BCUT2D eigenvalue weighted by Gasteiger charge is -1.98. The van der Waals surface area contributed by atoms with Gasteiger partial charge in [-0.3, -0.25) is 0 Å². The van der Waals surface area contributed by atoms with Crippen molar-refractivity contribution < 1.29 is 14.6 Å². The number of aryl methyl sites for hydroxylation is 1. The lowest BCUT2D eigenvalue weighted by atomic mass is 10.7. The molecule has 0 aromatic carbocycles. The summed E-state index contributed by atoms with van der Waals surface area (Å²) in [4.78, 5) is 10.1. The maximum absolute atomic E-state index is 10.1. The molecule has 0 aliphatic carbocycles. The molecule has 60 valence electrons. The third-order valence-corrected chi connectivity index (χ3v) is 1.57. The number of ether oxygens (including phenoxy) is 1. The van der Waals surface area contributed by atoms with Crippen LogP contribution >= 0.6 is 15.9 Å². The van der Waals surface area contributed by atoms with E-state index in [1.54, 1.807) is 7.05 Å². The summed E-state index contributed by atoms with van der Waals surface area (Å²) in [6.45, 7) is 0. The van der Waals surface area contributed by atoms with E-state index in [2.05, 4.69) is 25.8 Å². The first-order valence-corrected chi connectivity index (χ1v) is 3.49. The summed E-state index contributed by atoms with van der Waals surface area (Å²) >= 11 is 3.07. The molecule has 1 rings (SSSR count). The van der Waals surface area contributed by atoms with Crippen LogP contribution in [0.4, 0.5) is 4.79 Å². The molecule has 5 nitrogen and oxygen atoms in total. The Morgan fingerprint density at radius 1 is 1.91 bits per heavy atom. The predicted octanol–water partition coefficient (Wildman–Crippen LogP) is 1.24. The first-order valence-electron chi connectivity index (χ1n) is 2.69. The van der Waals surface area contributed by atoms with Gasteiger partial charge in [-0.15, -0.1) is 0 Å². The average Bonchev–Trinajstić information content (AvgIpc) is 2.18. The standard InChI is InChI=1S/C5H5BrN2O3/c1-8-4(11-5(9)10)3(6)2-7-8/h2H,1H3,(H,9,10). The fourth-order valence-corrected chi connectivity index (χ4v) is 1.03. The molecule has 0 aliphatic rings. The average molecular weight is 221 g/mol. The van der Waals surface area contributed by atoms with Crippen molar-refractivity contribution in [1.29, 1.82) is 0 Å². The molecule has 0 saturated heterocycles. The van der Waals surface area contributed by atoms with E-state index in [1.165, 1.54) is 10.9 Å². The fraction of sp³-hybridized carbons (Fsp3) is 0.200. The van der Waals surface area contributed by atoms with Gasteiger partial charge in [0.15, 0.2) is 0 Å². The number of nitrogens with zero attached hydrogens (tertiary/aromatic N) is 2. The molecule has 0 radical (unpaired) electrons. The summed E-state index contributed by atoms with van der Waals surface area (Å²) in [6, 6.07) is 0. The number of carboxylic acid groups (broad SMARTS) is 1. The minimum Gasteiger partial charge on any atom is -0.449 e. The van der Waals surface area contributed by atoms with Crippen LogP contribution in [0.25, 0.3) is 0 Å². The molecule has 0 spiro atoms. The van der Waals surface area contributed by atoms with E-state index in [-0.39, 0.29) is 5.88 Å². The topological polar surface area (TPSA) is 64.4 Å². The Labute approximate surface area is 70.7 Å². The number of halogens is 1. The zero-order valence-electron chi connectivity index (χ0n) is 5.61. The molecule has 1 aromatic rings. The van der Waals surface area contributed by atoms with Crippen molar-refractivity contribution in [2.45, 2.75) is 0 Å². The highest BCUT2D eigenvalue weighted by molar-refractivity contribution is 9.10. The van der Waals surface area contributed by atoms with Crippen molar-refractivity contribution >= 4 is 22.1 Å². The van der Waals surface area contributed by atoms with Crippen LogP contribution in [0, 0.1) is 0 Å². The number of rotatable bonds is 1. The van der Waals surface area contributed by atoms with Gasteiger partial charge in [-0.05, 0) is 15.9 Å². The zero-order chi connectivity index (χ0) is 8.43. The summed E-state index contributed by atoms with van der Waals surface area (Å²) in [5.41, 5.74) is 0. The van der Waals surface area contributed by atoms with E-state index in [1.807, 2.05) is 0 Å². The van der Waals surface area contributed by atoms with Gasteiger partial charge in [0.2, 0.25) is 5.88 Å². The van der Waals surface area contributed by atoms with Crippen LogP contribution in [0.3, 0.4) is 0 Å². The van der Waals surface area contributed by atoms with Crippen LogP contribution < -0.4 is 4.74 Å². The summed E-state index contributed by atoms with van der Waals surface area (Å²) in [7, 11) is 1.59. The Kier molecular flexibility index (Phi) is 2.13. The first-order chi connectivity index (χ1) is 5.11. The third kappa shape index (κ3) is 1.70. The zero-order valence-corrected chi connectivity index (χ0v) is 7.20. The van der Waals surface area contributed by atoms with Crippen molar-refractivity contribution in [2.24, 2.45) is 7.05 Å². The SMILES string of the molecule is Cn1ncc(Br)c1OC(=O)O. The molecule has 1 heterocycles. The molecule has 0 unspecified atom stereocenters. The van der Waals surface area contributed by atoms with Crippen molar-refractivity contribution in [2.75, 3.05) is 0 Å². The van der Waals surface area contributed by atoms with E-state index in [4.69, 9.17) is 5.11 Å². The van der Waals surface area contributed by atoms with Gasteiger partial charge >= 0.3 is 6.16 Å². The van der Waals surface area contributed by atoms with E-state index in [9.17, 15) is 4.79 Å². The fourth-order valence-electron chi connectivity index (χ4n) is 0.597. The lowest BCUT2D eigenvalue weighted by molar-refractivity contribution is 0.140. The molecule has 0 aliphatic heterocycles. The summed E-state index contributed by atoms with van der Waals surface area (Å²) < 4.78 is 6.22. The molecular weight excluding hydrogens is 216 g/mol. The summed E-state index contributed by atoms with van der Waals surface area (Å²) in [5, 5.41) is 12.0. The highest BCUT2D eigenvalue weighted by Gasteiger charge is 2.10. The Morgan fingerprint density at radius 2 is 2.55 bits per heavy atom. The monoisotopic (exact) mass is 220 g/mol. The van der Waals surface area contributed by atoms with Gasteiger partial charge in [0.25, 0.3) is 0 Å². The number of aromatic nitrogens is 2. The van der Waals surface area contributed by atoms with Crippen LogP contribution in [-0.2, 0) is 7.05 Å². The number of hydrogen-bond acceptors (Lipinski definition) is 3. The van der Waals surface area contributed by atoms with Gasteiger partial charge in [-0.2, -0.15) is 5.10 Å². The normalized spacial score (nSPS) is 9.64. The van der Waals surface area contributed by atoms with Crippen molar-refractivity contribution in [3.05, 3.63) is 10.7 Å². The Hall–Kier alpha value is -1.04. The van der Waals surface area contributed by atoms with Crippen LogP contribution in [-0.4, -0.2) is 21.0 Å². The van der Waals surface area contributed by atoms with Crippen LogP contribution in [0.1, 0.15) is 0 Å². The van der Waals surface area contributed by atoms with Gasteiger partial charge in [-0.1, -0.05) is 0 Å². The molecule has 0 bridgehead atoms. The maximum Gasteiger partial charge on any atom is 0.512 e. The molecule has 0 fully saturated rings. The Balaban J connectivity index is 2.92. The maximum atomic E-state index is 10.1. The second-order valence-corrected chi connectivity index (χ2v) is 2.64. The summed E-state index contributed by atoms with van der Waals surface area (Å²) in [6.07, 6.45) is 0.104. The quantitative estimate of drug-likeness (QED) is 0.724. The molecule has 1 N–H and O–H groups in total. The summed E-state index contributed by atoms with van der Waals surface area (Å²) in [5.74, 6) is 0.178. The van der Waals surface area contributed by atoms with E-state index < -0.39 is 6.16 Å². The van der Waals surface area contributed by atoms with Crippen LogP contribution in [0.2, 0.25) is 0 Å². The van der Waals surface area contributed by atoms with E-state index >= 15 is 0 Å². The van der Waals surface area contributed by atoms with Gasteiger partial charge < -0.3 is 9.84 Å². The Morgan fingerprint density at radius 3 is 2.91 bits per heavy atom. The molecule has 11 heavy (non-hydrogen) atoms. The molecule has 0 amide bonds. The Bertz CT molecular complexity index is 264. The van der Waals surface area contributed by atoms with Crippen LogP contribution in [0.15, 0.2) is 10.7 Å². The smallest absolute Gasteiger partial charge is 0.449 e. The minimum atomic E-state index is -1.35. The number of carbonyl (C=O) groups is 1. The molecule has 6 heteroatoms. The molecular formula is C5H5BrN2O3. The van der Waals surface area contributed by atoms with Gasteiger partial charge in [0, 0.05) is 7.05 Å². The van der Waals surface area contributed by atoms with Crippen molar-refractivity contribution in [3.8, 4) is 5.88 Å².